The molecule has 0 radical (unpaired) electrons. The van der Waals surface area contributed by atoms with Gasteiger partial charge in [-0.3, -0.25) is 14.3 Å². The lowest BCUT2D eigenvalue weighted by molar-refractivity contribution is -0.121. The smallest absolute Gasteiger partial charge is 0.261 e. The maximum Gasteiger partial charge on any atom is 0.261 e. The highest BCUT2D eigenvalue weighted by molar-refractivity contribution is 6.04. The third kappa shape index (κ3) is 4.24. The third-order valence-corrected chi connectivity index (χ3v) is 7.61. The van der Waals surface area contributed by atoms with E-state index in [4.69, 9.17) is 4.74 Å². The van der Waals surface area contributed by atoms with Gasteiger partial charge in [0, 0.05) is 32.1 Å². The fourth-order valence-corrected chi connectivity index (χ4v) is 5.78. The number of amides is 1. The number of rotatable bonds is 6. The number of fused-ring (bicyclic) bond motifs is 4. The number of methoxy groups -OCH3 is 1. The Balaban J connectivity index is 1.27. The molecule has 5 rings (SSSR count). The van der Waals surface area contributed by atoms with E-state index >= 15 is 0 Å². The van der Waals surface area contributed by atoms with Crippen LogP contribution in [0.15, 0.2) is 29.2 Å². The Bertz CT molecular complexity index is 1230. The van der Waals surface area contributed by atoms with Gasteiger partial charge >= 0.3 is 0 Å². The van der Waals surface area contributed by atoms with Crippen LogP contribution in [0.25, 0.3) is 21.8 Å². The Morgan fingerprint density at radius 1 is 1.18 bits per heavy atom. The van der Waals surface area contributed by atoms with Crippen LogP contribution in [0.2, 0.25) is 0 Å². The molecule has 1 saturated heterocycles. The van der Waals surface area contributed by atoms with Crippen molar-refractivity contribution in [1.82, 2.24) is 24.6 Å². The van der Waals surface area contributed by atoms with Crippen molar-refractivity contribution in [2.24, 2.45) is 18.9 Å². The molecule has 1 aromatic carbocycles. The van der Waals surface area contributed by atoms with Crippen LogP contribution in [0, 0.1) is 11.8 Å². The van der Waals surface area contributed by atoms with Crippen molar-refractivity contribution in [1.29, 1.82) is 0 Å². The first-order valence-corrected chi connectivity index (χ1v) is 12.1. The van der Waals surface area contributed by atoms with Crippen molar-refractivity contribution in [3.63, 3.8) is 0 Å². The van der Waals surface area contributed by atoms with E-state index in [1.54, 1.807) is 29.6 Å². The second kappa shape index (κ2) is 9.17. The molecule has 2 aromatic heterocycles. The Morgan fingerprint density at radius 2 is 2.00 bits per heavy atom. The van der Waals surface area contributed by atoms with E-state index in [1.165, 1.54) is 38.6 Å². The summed E-state index contributed by atoms with van der Waals surface area (Å²) in [6.45, 7) is 3.90. The molecule has 1 aliphatic heterocycles. The molecule has 3 aromatic rings. The predicted molar refractivity (Wildman–Crippen MR) is 129 cm³/mol. The highest BCUT2D eigenvalue weighted by atomic mass is 16.5. The quantitative estimate of drug-likeness (QED) is 0.623. The number of benzene rings is 1. The van der Waals surface area contributed by atoms with E-state index in [0.29, 0.717) is 23.2 Å². The molecule has 0 bridgehead atoms. The van der Waals surface area contributed by atoms with E-state index in [-0.39, 0.29) is 18.0 Å². The van der Waals surface area contributed by atoms with E-state index in [9.17, 15) is 9.59 Å². The summed E-state index contributed by atoms with van der Waals surface area (Å²) in [5, 5.41) is 8.77. The van der Waals surface area contributed by atoms with E-state index in [1.807, 2.05) is 18.2 Å². The van der Waals surface area contributed by atoms with Crippen LogP contribution in [-0.2, 0) is 18.4 Å². The standard InChI is InChI=1S/C25H33N5O3/c1-28-22-8-7-19(33-2)13-20(22)24-21(25(28)32)14-27-30(24)16-23(31)26-10-12-29-11-9-17-5-3-4-6-18(17)15-29/h7-8,13-14,17-18H,3-6,9-12,15-16H2,1-2H3,(H,26,31)/t17-,18?/m0/s1. The van der Waals surface area contributed by atoms with Crippen molar-refractivity contribution in [2.45, 2.75) is 38.6 Å². The van der Waals surface area contributed by atoms with Gasteiger partial charge in [0.05, 0.1) is 29.7 Å². The first-order chi connectivity index (χ1) is 16.0. The summed E-state index contributed by atoms with van der Waals surface area (Å²) in [6, 6.07) is 5.58. The van der Waals surface area contributed by atoms with Gasteiger partial charge in [-0.2, -0.15) is 5.10 Å². The van der Waals surface area contributed by atoms with Gasteiger partial charge in [0.1, 0.15) is 12.3 Å². The molecule has 2 aliphatic rings. The Kier molecular flexibility index (Phi) is 6.10. The Morgan fingerprint density at radius 3 is 2.82 bits per heavy atom. The highest BCUT2D eigenvalue weighted by Crippen LogP contribution is 2.35. The minimum atomic E-state index is -0.125. The van der Waals surface area contributed by atoms with Crippen molar-refractivity contribution < 1.29 is 9.53 Å². The summed E-state index contributed by atoms with van der Waals surface area (Å²) < 4.78 is 8.62. The molecule has 176 valence electrons. The average molecular weight is 452 g/mol. The lowest BCUT2D eigenvalue weighted by Gasteiger charge is -2.41. The van der Waals surface area contributed by atoms with Gasteiger partial charge in [0.15, 0.2) is 0 Å². The summed E-state index contributed by atoms with van der Waals surface area (Å²) in [5.74, 6) is 2.36. The van der Waals surface area contributed by atoms with E-state index in [0.717, 1.165) is 35.8 Å². The summed E-state index contributed by atoms with van der Waals surface area (Å²) in [5.41, 5.74) is 1.32. The number of hydrogen-bond donors (Lipinski definition) is 1. The topological polar surface area (TPSA) is 81.4 Å². The normalized spacial score (nSPS) is 21.3. The number of ether oxygens (including phenoxy) is 1. The lowest BCUT2D eigenvalue weighted by atomic mass is 9.75. The monoisotopic (exact) mass is 451 g/mol. The number of pyridine rings is 1. The zero-order valence-corrected chi connectivity index (χ0v) is 19.5. The summed E-state index contributed by atoms with van der Waals surface area (Å²) >= 11 is 0. The van der Waals surface area contributed by atoms with Gasteiger partial charge in [0.25, 0.3) is 5.56 Å². The molecule has 1 saturated carbocycles. The molecule has 8 nitrogen and oxygen atoms in total. The zero-order valence-electron chi connectivity index (χ0n) is 19.5. The van der Waals surface area contributed by atoms with Crippen molar-refractivity contribution in [2.75, 3.05) is 33.3 Å². The first-order valence-electron chi connectivity index (χ1n) is 12.1. The van der Waals surface area contributed by atoms with Crippen LogP contribution in [-0.4, -0.2) is 58.4 Å². The summed E-state index contributed by atoms with van der Waals surface area (Å²) in [7, 11) is 3.36. The van der Waals surface area contributed by atoms with Gasteiger partial charge < -0.3 is 19.5 Å². The summed E-state index contributed by atoms with van der Waals surface area (Å²) in [6.07, 6.45) is 8.37. The van der Waals surface area contributed by atoms with Crippen LogP contribution < -0.4 is 15.6 Å². The second-order valence-corrected chi connectivity index (χ2v) is 9.56. The maximum atomic E-state index is 12.8. The summed E-state index contributed by atoms with van der Waals surface area (Å²) in [4.78, 5) is 28.1. The average Bonchev–Trinajstić information content (AvgIpc) is 3.25. The molecule has 1 amide bonds. The lowest BCUT2D eigenvalue weighted by Crippen LogP contribution is -2.45. The number of aromatic nitrogens is 3. The molecule has 2 fully saturated rings. The highest BCUT2D eigenvalue weighted by Gasteiger charge is 2.30. The fourth-order valence-electron chi connectivity index (χ4n) is 5.78. The molecule has 2 atom stereocenters. The zero-order chi connectivity index (χ0) is 22.9. The molecule has 3 heterocycles. The number of aryl methyl sites for hydroxylation is 1. The second-order valence-electron chi connectivity index (χ2n) is 9.56. The third-order valence-electron chi connectivity index (χ3n) is 7.61. The van der Waals surface area contributed by atoms with Crippen LogP contribution >= 0.6 is 0 Å². The van der Waals surface area contributed by atoms with Gasteiger partial charge in [-0.15, -0.1) is 0 Å². The van der Waals surface area contributed by atoms with Crippen molar-refractivity contribution in [3.05, 3.63) is 34.7 Å². The van der Waals surface area contributed by atoms with Gasteiger partial charge in [-0.1, -0.05) is 19.3 Å². The minimum Gasteiger partial charge on any atom is -0.497 e. The van der Waals surface area contributed by atoms with Gasteiger partial charge in [0.2, 0.25) is 5.91 Å². The minimum absolute atomic E-state index is 0.0771. The van der Waals surface area contributed by atoms with Crippen molar-refractivity contribution in [3.8, 4) is 5.75 Å². The van der Waals surface area contributed by atoms with Gasteiger partial charge in [-0.05, 0) is 49.4 Å². The van der Waals surface area contributed by atoms with Gasteiger partial charge in [-0.25, -0.2) is 0 Å². The number of carbonyl (C=O) groups excluding carboxylic acids is 1. The molecular weight excluding hydrogens is 418 g/mol. The molecule has 33 heavy (non-hydrogen) atoms. The molecule has 1 aliphatic carbocycles. The van der Waals surface area contributed by atoms with Crippen LogP contribution in [0.1, 0.15) is 32.1 Å². The first kappa shape index (κ1) is 21.9. The molecule has 1 N–H and O–H groups in total. The van der Waals surface area contributed by atoms with Crippen LogP contribution in [0.3, 0.4) is 0 Å². The number of piperidine rings is 1. The van der Waals surface area contributed by atoms with E-state index in [2.05, 4.69) is 15.3 Å². The number of nitrogens with one attached hydrogen (secondary N) is 1. The maximum absolute atomic E-state index is 12.8. The number of carbonyl (C=O) groups is 1. The molecule has 0 spiro atoms. The van der Waals surface area contributed by atoms with E-state index < -0.39 is 0 Å². The predicted octanol–water partition coefficient (Wildman–Crippen LogP) is 2.53. The molecule has 8 heteroatoms. The molecular formula is C25H33N5O3. The number of likely N-dealkylation sites (tertiary alicyclic amines) is 1. The Hall–Kier alpha value is -2.87. The number of hydrogen-bond acceptors (Lipinski definition) is 5. The fraction of sp³-hybridized carbons (Fsp3) is 0.560. The largest absolute Gasteiger partial charge is 0.497 e. The van der Waals surface area contributed by atoms with Crippen LogP contribution in [0.5, 0.6) is 5.75 Å². The number of nitrogens with zero attached hydrogens (tertiary/aromatic N) is 4. The Labute approximate surface area is 193 Å². The van der Waals surface area contributed by atoms with Crippen molar-refractivity contribution >= 4 is 27.7 Å². The molecule has 1 unspecified atom stereocenters. The van der Waals surface area contributed by atoms with Crippen LogP contribution in [0.4, 0.5) is 0 Å². The SMILES string of the molecule is COc1ccc2c(c1)c1c(cnn1CC(=O)NCCN1CC[C@@H]3CCCCC3C1)c(=O)n2C.